The zero-order valence-electron chi connectivity index (χ0n) is 13.4. The number of aryl methyl sites for hydroxylation is 1. The highest BCUT2D eigenvalue weighted by molar-refractivity contribution is 5.89. The molecule has 1 aliphatic carbocycles. The van der Waals surface area contributed by atoms with E-state index >= 15 is 0 Å². The summed E-state index contributed by atoms with van der Waals surface area (Å²) in [5, 5.41) is 2.95. The van der Waals surface area contributed by atoms with E-state index in [1.54, 1.807) is 12.3 Å². The van der Waals surface area contributed by atoms with E-state index in [0.717, 1.165) is 25.1 Å². The number of carbonyl (C=O) groups excluding carboxylic acids is 1. The van der Waals surface area contributed by atoms with Gasteiger partial charge in [-0.25, -0.2) is 9.97 Å². The van der Waals surface area contributed by atoms with E-state index in [4.69, 9.17) is 10.5 Å². The molecule has 1 aromatic heterocycles. The van der Waals surface area contributed by atoms with E-state index in [1.165, 1.54) is 0 Å². The Bertz CT molecular complexity index is 589. The number of carbonyl (C=O) groups is 1. The quantitative estimate of drug-likeness (QED) is 0.867. The van der Waals surface area contributed by atoms with Gasteiger partial charge in [-0.15, -0.1) is 0 Å². The normalized spacial score (nSPS) is 32.7. The first-order valence-corrected chi connectivity index (χ1v) is 7.84. The Labute approximate surface area is 130 Å². The average Bonchev–Trinajstić information content (AvgIpc) is 2.51. The number of nitrogens with one attached hydrogen (secondary N) is 1. The van der Waals surface area contributed by atoms with Gasteiger partial charge in [-0.2, -0.15) is 0 Å². The number of rotatable bonds is 3. The molecule has 2 aliphatic rings. The lowest BCUT2D eigenvalue weighted by molar-refractivity contribution is -0.225. The number of aromatic nitrogens is 2. The molecule has 1 amide bonds. The van der Waals surface area contributed by atoms with Crippen LogP contribution in [-0.2, 0) is 16.1 Å². The van der Waals surface area contributed by atoms with Crippen LogP contribution in [0.1, 0.15) is 38.2 Å². The molecule has 0 spiro atoms. The number of fused-ring (bicyclic) bond motifs is 1. The van der Waals surface area contributed by atoms with Gasteiger partial charge in [-0.05, 0) is 25.8 Å². The van der Waals surface area contributed by atoms with Crippen LogP contribution in [0.25, 0.3) is 0 Å². The minimum absolute atomic E-state index is 0.0818. The fourth-order valence-electron chi connectivity index (χ4n) is 3.96. The van der Waals surface area contributed by atoms with Crippen molar-refractivity contribution >= 4 is 5.91 Å². The summed E-state index contributed by atoms with van der Waals surface area (Å²) in [6.45, 7) is 7.01. The molecule has 0 bridgehead atoms. The second-order valence-electron chi connectivity index (χ2n) is 6.91. The van der Waals surface area contributed by atoms with E-state index in [0.29, 0.717) is 12.4 Å². The summed E-state index contributed by atoms with van der Waals surface area (Å²) in [4.78, 5) is 21.1. The van der Waals surface area contributed by atoms with E-state index < -0.39 is 5.54 Å². The molecule has 6 nitrogen and oxygen atoms in total. The second kappa shape index (κ2) is 5.28. The number of nitrogens with two attached hydrogens (primary N) is 1. The number of ether oxygens (including phenoxy) is 1. The van der Waals surface area contributed by atoms with Gasteiger partial charge in [0.05, 0.1) is 18.3 Å². The lowest BCUT2D eigenvalue weighted by Gasteiger charge is -2.65. The molecule has 0 aromatic carbocycles. The Morgan fingerprint density at radius 2 is 2.32 bits per heavy atom. The zero-order chi connectivity index (χ0) is 16.0. The third kappa shape index (κ3) is 2.13. The van der Waals surface area contributed by atoms with Crippen LogP contribution in [0.3, 0.4) is 0 Å². The van der Waals surface area contributed by atoms with Crippen molar-refractivity contribution in [1.29, 1.82) is 0 Å². The van der Waals surface area contributed by atoms with Crippen molar-refractivity contribution in [1.82, 2.24) is 15.3 Å². The molecule has 2 heterocycles. The van der Waals surface area contributed by atoms with E-state index in [1.807, 2.05) is 20.8 Å². The van der Waals surface area contributed by atoms with Gasteiger partial charge in [0.25, 0.3) is 0 Å². The number of hydrogen-bond donors (Lipinski definition) is 2. The molecule has 3 atom stereocenters. The molecular weight excluding hydrogens is 280 g/mol. The Kier molecular flexibility index (Phi) is 3.69. The zero-order valence-corrected chi connectivity index (χ0v) is 13.4. The summed E-state index contributed by atoms with van der Waals surface area (Å²) in [6, 6.07) is 1.80. The largest absolute Gasteiger partial charge is 0.377 e. The lowest BCUT2D eigenvalue weighted by atomic mass is 9.46. The van der Waals surface area contributed by atoms with Gasteiger partial charge < -0.3 is 15.8 Å². The van der Waals surface area contributed by atoms with Crippen LogP contribution in [-0.4, -0.2) is 34.1 Å². The first-order valence-electron chi connectivity index (χ1n) is 7.84. The van der Waals surface area contributed by atoms with Gasteiger partial charge in [0.15, 0.2) is 0 Å². The van der Waals surface area contributed by atoms with Crippen LogP contribution in [0.4, 0.5) is 0 Å². The topological polar surface area (TPSA) is 90.1 Å². The molecule has 3 rings (SSSR count). The number of nitrogens with zero attached hydrogens (tertiary/aromatic N) is 2. The van der Waals surface area contributed by atoms with Gasteiger partial charge >= 0.3 is 0 Å². The predicted octanol–water partition coefficient (Wildman–Crippen LogP) is 0.934. The first kappa shape index (κ1) is 15.4. The maximum atomic E-state index is 12.7. The van der Waals surface area contributed by atoms with Crippen molar-refractivity contribution in [3.8, 4) is 0 Å². The van der Waals surface area contributed by atoms with E-state index in [2.05, 4.69) is 15.3 Å². The smallest absolute Gasteiger partial charge is 0.241 e. The summed E-state index contributed by atoms with van der Waals surface area (Å²) >= 11 is 0. The molecule has 2 fully saturated rings. The fourth-order valence-corrected chi connectivity index (χ4v) is 3.96. The first-order chi connectivity index (χ1) is 10.4. The average molecular weight is 304 g/mol. The van der Waals surface area contributed by atoms with Gasteiger partial charge in [-0.1, -0.05) is 13.8 Å². The summed E-state index contributed by atoms with van der Waals surface area (Å²) in [5.41, 5.74) is 6.11. The van der Waals surface area contributed by atoms with Crippen LogP contribution in [0.15, 0.2) is 12.3 Å². The predicted molar refractivity (Wildman–Crippen MR) is 81.8 cm³/mol. The Morgan fingerprint density at radius 3 is 3.05 bits per heavy atom. The molecule has 3 N–H and O–H groups in total. The molecule has 22 heavy (non-hydrogen) atoms. The van der Waals surface area contributed by atoms with Crippen LogP contribution in [0.2, 0.25) is 0 Å². The molecular formula is C16H24N4O2. The monoisotopic (exact) mass is 304 g/mol. The second-order valence-corrected chi connectivity index (χ2v) is 6.91. The molecule has 1 aromatic rings. The van der Waals surface area contributed by atoms with Gasteiger partial charge in [0.2, 0.25) is 5.91 Å². The molecule has 6 heteroatoms. The SMILES string of the molecule is Cc1nccc(CNC(=O)C2(N)C3CCCOC3C2(C)C)n1. The molecule has 1 saturated heterocycles. The number of hydrogen-bond acceptors (Lipinski definition) is 5. The highest BCUT2D eigenvalue weighted by Gasteiger charge is 2.70. The van der Waals surface area contributed by atoms with Crippen molar-refractivity contribution in [3.05, 3.63) is 23.8 Å². The highest BCUT2D eigenvalue weighted by Crippen LogP contribution is 2.57. The van der Waals surface area contributed by atoms with Crippen LogP contribution < -0.4 is 11.1 Å². The third-order valence-electron chi connectivity index (χ3n) is 5.32. The van der Waals surface area contributed by atoms with Crippen LogP contribution in [0.5, 0.6) is 0 Å². The summed E-state index contributed by atoms with van der Waals surface area (Å²) in [6.07, 6.45) is 3.69. The number of amides is 1. The van der Waals surface area contributed by atoms with Crippen LogP contribution >= 0.6 is 0 Å². The Balaban J connectivity index is 1.71. The minimum Gasteiger partial charge on any atom is -0.377 e. The summed E-state index contributed by atoms with van der Waals surface area (Å²) in [5.74, 6) is 0.683. The lowest BCUT2D eigenvalue weighted by Crippen LogP contribution is -2.82. The molecule has 0 radical (unpaired) electrons. The maximum Gasteiger partial charge on any atom is 0.241 e. The molecule has 3 unspecified atom stereocenters. The van der Waals surface area contributed by atoms with Crippen molar-refractivity contribution < 1.29 is 9.53 Å². The van der Waals surface area contributed by atoms with Gasteiger partial charge in [0, 0.05) is 24.1 Å². The summed E-state index contributed by atoms with van der Waals surface area (Å²) in [7, 11) is 0. The fraction of sp³-hybridized carbons (Fsp3) is 0.688. The van der Waals surface area contributed by atoms with Crippen molar-refractivity contribution in [2.75, 3.05) is 6.61 Å². The van der Waals surface area contributed by atoms with Crippen molar-refractivity contribution in [3.63, 3.8) is 0 Å². The van der Waals surface area contributed by atoms with E-state index in [9.17, 15) is 4.79 Å². The minimum atomic E-state index is -0.875. The Hall–Kier alpha value is -1.53. The maximum absolute atomic E-state index is 12.7. The standard InChI is InChI=1S/C16H24N4O2/c1-10-18-7-6-11(20-10)9-19-14(21)16(17)12-5-4-8-22-13(12)15(16,2)3/h6-7,12-13H,4-5,8-9,17H2,1-3H3,(H,19,21). The Morgan fingerprint density at radius 1 is 1.55 bits per heavy atom. The van der Waals surface area contributed by atoms with Gasteiger partial charge in [0.1, 0.15) is 11.4 Å². The van der Waals surface area contributed by atoms with Crippen LogP contribution in [0, 0.1) is 18.3 Å². The summed E-state index contributed by atoms with van der Waals surface area (Å²) < 4.78 is 5.84. The van der Waals surface area contributed by atoms with Crippen molar-refractivity contribution in [2.45, 2.75) is 51.8 Å². The molecule has 1 saturated carbocycles. The van der Waals surface area contributed by atoms with Gasteiger partial charge in [-0.3, -0.25) is 4.79 Å². The van der Waals surface area contributed by atoms with Crippen molar-refractivity contribution in [2.24, 2.45) is 17.1 Å². The molecule has 1 aliphatic heterocycles. The molecule has 120 valence electrons. The third-order valence-corrected chi connectivity index (χ3v) is 5.32. The van der Waals surface area contributed by atoms with E-state index in [-0.39, 0.29) is 23.3 Å². The highest BCUT2D eigenvalue weighted by atomic mass is 16.5.